The van der Waals surface area contributed by atoms with Gasteiger partial charge in [-0.3, -0.25) is 0 Å². The standard InChI is InChI=1S/C14H17N3O2/c1-19-14-12(15)5-6-13(17-14)16-8-10-3-2-4-11(7-10)9-18/h2-7,18H,8-9,15H2,1H3,(H,16,17). The molecule has 19 heavy (non-hydrogen) atoms. The van der Waals surface area contributed by atoms with Crippen LogP contribution in [0.25, 0.3) is 0 Å². The molecule has 0 amide bonds. The third-order valence-corrected chi connectivity index (χ3v) is 2.73. The molecule has 2 aromatic rings. The topological polar surface area (TPSA) is 80.4 Å². The van der Waals surface area contributed by atoms with E-state index in [0.717, 1.165) is 11.1 Å². The Morgan fingerprint density at radius 3 is 2.79 bits per heavy atom. The van der Waals surface area contributed by atoms with E-state index in [2.05, 4.69) is 10.3 Å². The number of hydrogen-bond donors (Lipinski definition) is 3. The van der Waals surface area contributed by atoms with E-state index in [0.29, 0.717) is 23.9 Å². The zero-order chi connectivity index (χ0) is 13.7. The van der Waals surface area contributed by atoms with Crippen LogP contribution in [0.2, 0.25) is 0 Å². The average Bonchev–Trinajstić information content (AvgIpc) is 2.46. The Hall–Kier alpha value is -2.27. The first kappa shape index (κ1) is 13.2. The molecule has 100 valence electrons. The molecular formula is C14H17N3O2. The maximum atomic E-state index is 9.08. The van der Waals surface area contributed by atoms with Gasteiger partial charge in [0, 0.05) is 6.54 Å². The number of nitrogens with one attached hydrogen (secondary N) is 1. The van der Waals surface area contributed by atoms with Crippen molar-refractivity contribution in [1.29, 1.82) is 0 Å². The minimum atomic E-state index is 0.0434. The number of nitrogens with zero attached hydrogens (tertiary/aromatic N) is 1. The lowest BCUT2D eigenvalue weighted by Gasteiger charge is -2.09. The predicted octanol–water partition coefficient (Wildman–Crippen LogP) is 1.78. The van der Waals surface area contributed by atoms with E-state index in [1.54, 1.807) is 12.1 Å². The summed E-state index contributed by atoms with van der Waals surface area (Å²) >= 11 is 0. The molecule has 0 spiro atoms. The number of pyridine rings is 1. The summed E-state index contributed by atoms with van der Waals surface area (Å²) in [5.41, 5.74) is 8.18. The quantitative estimate of drug-likeness (QED) is 0.762. The number of aliphatic hydroxyl groups is 1. The number of aliphatic hydroxyl groups excluding tert-OH is 1. The molecule has 0 atom stereocenters. The lowest BCUT2D eigenvalue weighted by atomic mass is 10.1. The van der Waals surface area contributed by atoms with E-state index in [1.165, 1.54) is 7.11 Å². The Balaban J connectivity index is 2.05. The lowest BCUT2D eigenvalue weighted by molar-refractivity contribution is 0.281. The van der Waals surface area contributed by atoms with Crippen LogP contribution in [0.1, 0.15) is 11.1 Å². The largest absolute Gasteiger partial charge is 0.479 e. The summed E-state index contributed by atoms with van der Waals surface area (Å²) in [6.07, 6.45) is 0. The number of aromatic nitrogens is 1. The summed E-state index contributed by atoms with van der Waals surface area (Å²) in [6, 6.07) is 11.3. The van der Waals surface area contributed by atoms with Crippen LogP contribution < -0.4 is 15.8 Å². The third kappa shape index (κ3) is 3.35. The van der Waals surface area contributed by atoms with E-state index >= 15 is 0 Å². The molecule has 0 radical (unpaired) electrons. The molecule has 0 saturated carbocycles. The van der Waals surface area contributed by atoms with Gasteiger partial charge in [0.05, 0.1) is 19.4 Å². The van der Waals surface area contributed by atoms with Crippen LogP contribution in [0.4, 0.5) is 11.5 Å². The van der Waals surface area contributed by atoms with Gasteiger partial charge in [0.15, 0.2) is 0 Å². The maximum Gasteiger partial charge on any atom is 0.238 e. The van der Waals surface area contributed by atoms with Crippen molar-refractivity contribution in [2.45, 2.75) is 13.2 Å². The molecule has 1 aromatic heterocycles. The number of methoxy groups -OCH3 is 1. The highest BCUT2D eigenvalue weighted by Crippen LogP contribution is 2.20. The van der Waals surface area contributed by atoms with Crippen molar-refractivity contribution < 1.29 is 9.84 Å². The summed E-state index contributed by atoms with van der Waals surface area (Å²) < 4.78 is 5.07. The van der Waals surface area contributed by atoms with Crippen LogP contribution in [0, 0.1) is 0 Å². The van der Waals surface area contributed by atoms with Gasteiger partial charge in [0.2, 0.25) is 5.88 Å². The molecule has 0 aliphatic heterocycles. The molecule has 5 heteroatoms. The van der Waals surface area contributed by atoms with Crippen molar-refractivity contribution in [3.05, 3.63) is 47.5 Å². The normalized spacial score (nSPS) is 10.2. The van der Waals surface area contributed by atoms with Crippen molar-refractivity contribution in [3.8, 4) is 5.88 Å². The van der Waals surface area contributed by atoms with Gasteiger partial charge < -0.3 is 20.9 Å². The summed E-state index contributed by atoms with van der Waals surface area (Å²) in [6.45, 7) is 0.662. The number of hydrogen-bond acceptors (Lipinski definition) is 5. The highest BCUT2D eigenvalue weighted by atomic mass is 16.5. The molecule has 0 unspecified atom stereocenters. The molecule has 1 aromatic carbocycles. The molecule has 0 bridgehead atoms. The van der Waals surface area contributed by atoms with Gasteiger partial charge in [-0.15, -0.1) is 0 Å². The van der Waals surface area contributed by atoms with Crippen molar-refractivity contribution in [1.82, 2.24) is 4.98 Å². The van der Waals surface area contributed by atoms with E-state index in [-0.39, 0.29) is 6.61 Å². The van der Waals surface area contributed by atoms with Crippen molar-refractivity contribution in [2.24, 2.45) is 0 Å². The number of anilines is 2. The number of benzene rings is 1. The van der Waals surface area contributed by atoms with Crippen molar-refractivity contribution >= 4 is 11.5 Å². The zero-order valence-corrected chi connectivity index (χ0v) is 10.8. The first-order valence-corrected chi connectivity index (χ1v) is 5.96. The van der Waals surface area contributed by atoms with Gasteiger partial charge in [-0.2, -0.15) is 4.98 Å². The Labute approximate surface area is 112 Å². The molecule has 0 aliphatic rings. The molecule has 0 aliphatic carbocycles. The fraction of sp³-hybridized carbons (Fsp3) is 0.214. The zero-order valence-electron chi connectivity index (χ0n) is 10.8. The number of nitrogens with two attached hydrogens (primary N) is 1. The molecule has 0 fully saturated rings. The molecule has 0 saturated heterocycles. The molecule has 5 nitrogen and oxygen atoms in total. The van der Waals surface area contributed by atoms with Gasteiger partial charge in [-0.05, 0) is 23.3 Å². The second-order valence-corrected chi connectivity index (χ2v) is 4.13. The van der Waals surface area contributed by atoms with Crippen LogP contribution >= 0.6 is 0 Å². The molecule has 4 N–H and O–H groups in total. The lowest BCUT2D eigenvalue weighted by Crippen LogP contribution is -2.04. The predicted molar refractivity (Wildman–Crippen MR) is 74.9 cm³/mol. The molecular weight excluding hydrogens is 242 g/mol. The molecule has 1 heterocycles. The highest BCUT2D eigenvalue weighted by molar-refractivity contribution is 5.53. The van der Waals surface area contributed by atoms with Crippen LogP contribution in [0.3, 0.4) is 0 Å². The Morgan fingerprint density at radius 2 is 2.05 bits per heavy atom. The summed E-state index contributed by atoms with van der Waals surface area (Å²) in [5, 5.41) is 12.3. The first-order chi connectivity index (χ1) is 9.22. The number of rotatable bonds is 5. The number of ether oxygens (including phenoxy) is 1. The smallest absolute Gasteiger partial charge is 0.238 e. The van der Waals surface area contributed by atoms with E-state index < -0.39 is 0 Å². The molecule has 2 rings (SSSR count). The van der Waals surface area contributed by atoms with Crippen LogP contribution in [0.15, 0.2) is 36.4 Å². The van der Waals surface area contributed by atoms with Crippen molar-refractivity contribution in [2.75, 3.05) is 18.2 Å². The second kappa shape index (κ2) is 6.06. The minimum absolute atomic E-state index is 0.0434. The van der Waals surface area contributed by atoms with Crippen LogP contribution in [-0.2, 0) is 13.2 Å². The van der Waals surface area contributed by atoms with Gasteiger partial charge in [0.25, 0.3) is 0 Å². The highest BCUT2D eigenvalue weighted by Gasteiger charge is 2.03. The SMILES string of the molecule is COc1nc(NCc2cccc(CO)c2)ccc1N. The summed E-state index contributed by atoms with van der Waals surface area (Å²) in [7, 11) is 1.53. The van der Waals surface area contributed by atoms with E-state index in [4.69, 9.17) is 15.6 Å². The van der Waals surface area contributed by atoms with Crippen LogP contribution in [0.5, 0.6) is 5.88 Å². The summed E-state index contributed by atoms with van der Waals surface area (Å²) in [5.74, 6) is 1.11. The monoisotopic (exact) mass is 259 g/mol. The maximum absolute atomic E-state index is 9.08. The minimum Gasteiger partial charge on any atom is -0.479 e. The Bertz CT molecular complexity index is 558. The summed E-state index contributed by atoms with van der Waals surface area (Å²) in [4.78, 5) is 4.24. The van der Waals surface area contributed by atoms with E-state index in [9.17, 15) is 0 Å². The first-order valence-electron chi connectivity index (χ1n) is 5.96. The second-order valence-electron chi connectivity index (χ2n) is 4.13. The Kier molecular flexibility index (Phi) is 4.20. The number of nitrogen functional groups attached to an aromatic ring is 1. The van der Waals surface area contributed by atoms with Crippen molar-refractivity contribution in [3.63, 3.8) is 0 Å². The van der Waals surface area contributed by atoms with E-state index in [1.807, 2.05) is 24.3 Å². The van der Waals surface area contributed by atoms with Gasteiger partial charge >= 0.3 is 0 Å². The van der Waals surface area contributed by atoms with Crippen LogP contribution in [-0.4, -0.2) is 17.2 Å². The van der Waals surface area contributed by atoms with Gasteiger partial charge in [-0.25, -0.2) is 0 Å². The van der Waals surface area contributed by atoms with Gasteiger partial charge in [0.1, 0.15) is 5.82 Å². The van der Waals surface area contributed by atoms with Gasteiger partial charge in [-0.1, -0.05) is 24.3 Å². The Morgan fingerprint density at radius 1 is 1.26 bits per heavy atom. The third-order valence-electron chi connectivity index (χ3n) is 2.73. The fourth-order valence-corrected chi connectivity index (χ4v) is 1.74. The fourth-order valence-electron chi connectivity index (χ4n) is 1.74. The average molecular weight is 259 g/mol.